The van der Waals surface area contributed by atoms with Crippen molar-refractivity contribution in [2.75, 3.05) is 0 Å². The first kappa shape index (κ1) is 28.8. The van der Waals surface area contributed by atoms with E-state index in [1.807, 2.05) is 12.1 Å². The molecule has 1 aliphatic heterocycles. The summed E-state index contributed by atoms with van der Waals surface area (Å²) in [5.41, 5.74) is -0.181. The molecule has 0 spiro atoms. The summed E-state index contributed by atoms with van der Waals surface area (Å²) in [7, 11) is 0. The third-order valence-electron chi connectivity index (χ3n) is 7.02. The average Bonchev–Trinajstić information content (AvgIpc) is 3.37. The zero-order valence-electron chi connectivity index (χ0n) is 22.5. The molecule has 3 atom stereocenters. The van der Waals surface area contributed by atoms with Crippen LogP contribution in [0.3, 0.4) is 0 Å². The van der Waals surface area contributed by atoms with Gasteiger partial charge in [-0.05, 0) is 76.4 Å². The fourth-order valence-electron chi connectivity index (χ4n) is 4.91. The van der Waals surface area contributed by atoms with E-state index in [9.17, 15) is 24.0 Å². The number of rotatable bonds is 7. The molecule has 11 heteroatoms. The van der Waals surface area contributed by atoms with Gasteiger partial charge in [-0.2, -0.15) is 10.4 Å². The lowest BCUT2D eigenvalue weighted by Gasteiger charge is -2.38. The molecule has 2 aromatic carbocycles. The van der Waals surface area contributed by atoms with E-state index in [1.54, 1.807) is 44.7 Å². The number of H-pyrrole nitrogens is 1. The van der Waals surface area contributed by atoms with Crippen molar-refractivity contribution >= 4 is 23.4 Å². The van der Waals surface area contributed by atoms with Gasteiger partial charge in [0.15, 0.2) is 17.3 Å². The van der Waals surface area contributed by atoms with Gasteiger partial charge in [0, 0.05) is 16.7 Å². The van der Waals surface area contributed by atoms with Crippen LogP contribution in [-0.2, 0) is 4.79 Å². The first-order chi connectivity index (χ1) is 18.9. The molecule has 2 amide bonds. The van der Waals surface area contributed by atoms with E-state index >= 15 is 0 Å². The Labute approximate surface area is 235 Å². The number of ether oxygens (including phenoxy) is 1. The van der Waals surface area contributed by atoms with Crippen molar-refractivity contribution in [2.24, 2.45) is 5.41 Å². The third-order valence-corrected chi connectivity index (χ3v) is 7.26. The fraction of sp³-hybridized carbons (Fsp3) is 0.345. The monoisotopic (exact) mass is 565 g/mol. The predicted octanol–water partition coefficient (Wildman–Crippen LogP) is 5.06. The number of carbonyl (C=O) groups excluding carboxylic acids is 2. The second-order valence-corrected chi connectivity index (χ2v) is 10.8. The van der Waals surface area contributed by atoms with E-state index in [4.69, 9.17) is 16.3 Å². The molecule has 1 saturated heterocycles. The Bertz CT molecular complexity index is 1550. The number of hydrogen-bond donors (Lipinski definition) is 2. The van der Waals surface area contributed by atoms with Crippen molar-refractivity contribution in [3.63, 3.8) is 0 Å². The van der Waals surface area contributed by atoms with E-state index in [0.29, 0.717) is 23.6 Å². The molecule has 2 N–H and O–H groups in total. The Kier molecular flexibility index (Phi) is 8.26. The van der Waals surface area contributed by atoms with Gasteiger partial charge in [0.1, 0.15) is 6.04 Å². The molecule has 4 rings (SSSR count). The largest absolute Gasteiger partial charge is 0.448 e. The minimum atomic E-state index is -0.971. The van der Waals surface area contributed by atoms with E-state index in [-0.39, 0.29) is 35.1 Å². The fourth-order valence-corrected chi connectivity index (χ4v) is 5.11. The summed E-state index contributed by atoms with van der Waals surface area (Å²) in [5, 5.41) is 19.0. The third kappa shape index (κ3) is 6.00. The molecule has 208 valence electrons. The number of nitrogens with one attached hydrogen (secondary N) is 2. The smallest absolute Gasteiger partial charge is 0.307 e. The van der Waals surface area contributed by atoms with Gasteiger partial charge in [-0.3, -0.25) is 14.4 Å². The lowest BCUT2D eigenvalue weighted by Crippen LogP contribution is -2.52. The van der Waals surface area contributed by atoms with Crippen molar-refractivity contribution in [3.8, 4) is 17.6 Å². The molecule has 0 bridgehead atoms. The molecular formula is C29H29ClFN5O4. The van der Waals surface area contributed by atoms with Gasteiger partial charge >= 0.3 is 5.56 Å². The second kappa shape index (κ2) is 11.5. The number of nitriles is 1. The highest BCUT2D eigenvalue weighted by Gasteiger charge is 2.46. The number of aromatic amines is 1. The van der Waals surface area contributed by atoms with Gasteiger partial charge in [0.05, 0.1) is 29.3 Å². The molecule has 40 heavy (non-hydrogen) atoms. The zero-order chi connectivity index (χ0) is 29.2. The van der Waals surface area contributed by atoms with Gasteiger partial charge in [-0.15, -0.1) is 0 Å². The normalized spacial score (nSPS) is 17.7. The molecule has 0 aliphatic carbocycles. The molecule has 0 saturated carbocycles. The predicted molar refractivity (Wildman–Crippen MR) is 146 cm³/mol. The van der Waals surface area contributed by atoms with Crippen LogP contribution in [0.1, 0.15) is 61.3 Å². The first-order valence-corrected chi connectivity index (χ1v) is 13.1. The maximum atomic E-state index is 14.8. The summed E-state index contributed by atoms with van der Waals surface area (Å²) in [5.74, 6) is -2.29. The van der Waals surface area contributed by atoms with Crippen LogP contribution in [0, 0.1) is 29.5 Å². The molecule has 1 aromatic heterocycles. The number of carbonyl (C=O) groups is 2. The standard InChI is InChI=1S/C29H29ClFN5O4/c1-16-12-24(27(38)35-34-16)40-23-10-8-19(14-21(23)31)26(37)33-17(2)28(39)36-22(18-6-5-7-20(30)13-18)9-11-25(36)29(3,4)15-32/h5-8,10,12-14,17,22,25H,9,11H2,1-4H3,(H,33,37)(H,35,38)/t17?,22-,25+/m0/s1. The molecule has 9 nitrogen and oxygen atoms in total. The summed E-state index contributed by atoms with van der Waals surface area (Å²) in [6.45, 7) is 6.76. The van der Waals surface area contributed by atoms with Crippen LogP contribution in [0.4, 0.5) is 4.39 Å². The summed E-state index contributed by atoms with van der Waals surface area (Å²) >= 11 is 6.21. The van der Waals surface area contributed by atoms with Crippen LogP contribution in [0.2, 0.25) is 5.02 Å². The van der Waals surface area contributed by atoms with Crippen molar-refractivity contribution < 1.29 is 18.7 Å². The van der Waals surface area contributed by atoms with E-state index in [2.05, 4.69) is 21.6 Å². The minimum Gasteiger partial charge on any atom is -0.448 e. The number of hydrogen-bond acceptors (Lipinski definition) is 6. The van der Waals surface area contributed by atoms with Crippen LogP contribution in [0.25, 0.3) is 0 Å². The van der Waals surface area contributed by atoms with Crippen LogP contribution in [0.5, 0.6) is 11.5 Å². The Balaban J connectivity index is 1.53. The van der Waals surface area contributed by atoms with Crippen molar-refractivity contribution in [2.45, 2.75) is 58.7 Å². The quantitative estimate of drug-likeness (QED) is 0.412. The molecule has 1 unspecified atom stereocenters. The molecule has 3 aromatic rings. The Morgan fingerprint density at radius 3 is 2.65 bits per heavy atom. The van der Waals surface area contributed by atoms with Crippen LogP contribution < -0.4 is 15.6 Å². The van der Waals surface area contributed by atoms with Crippen molar-refractivity contribution in [1.82, 2.24) is 20.4 Å². The number of aromatic nitrogens is 2. The highest BCUT2D eigenvalue weighted by Crippen LogP contribution is 2.43. The van der Waals surface area contributed by atoms with Gasteiger partial charge in [0.2, 0.25) is 5.91 Å². The topological polar surface area (TPSA) is 128 Å². The maximum absolute atomic E-state index is 14.8. The summed E-state index contributed by atoms with van der Waals surface area (Å²) in [6, 6.07) is 12.8. The lowest BCUT2D eigenvalue weighted by atomic mass is 9.84. The molecule has 1 aliphatic rings. The summed E-state index contributed by atoms with van der Waals surface area (Å²) in [6.07, 6.45) is 1.24. The molecule has 1 fully saturated rings. The number of halogens is 2. The Hall–Kier alpha value is -4.23. The molecule has 2 heterocycles. The summed E-state index contributed by atoms with van der Waals surface area (Å²) in [4.78, 5) is 40.4. The second-order valence-electron chi connectivity index (χ2n) is 10.4. The van der Waals surface area contributed by atoms with Crippen LogP contribution in [-0.4, -0.2) is 39.0 Å². The van der Waals surface area contributed by atoms with E-state index in [1.165, 1.54) is 18.2 Å². The van der Waals surface area contributed by atoms with Gasteiger partial charge in [-0.25, -0.2) is 9.49 Å². The van der Waals surface area contributed by atoms with Crippen molar-refractivity contribution in [3.05, 3.63) is 86.5 Å². The summed E-state index contributed by atoms with van der Waals surface area (Å²) < 4.78 is 20.2. The van der Waals surface area contributed by atoms with E-state index in [0.717, 1.165) is 11.6 Å². The van der Waals surface area contributed by atoms with Gasteiger partial charge < -0.3 is 15.0 Å². The average molecular weight is 566 g/mol. The minimum absolute atomic E-state index is 0.0361. The highest BCUT2D eigenvalue weighted by atomic mass is 35.5. The maximum Gasteiger partial charge on any atom is 0.307 e. The van der Waals surface area contributed by atoms with Crippen LogP contribution in [0.15, 0.2) is 53.3 Å². The molecule has 0 radical (unpaired) electrons. The van der Waals surface area contributed by atoms with E-state index < -0.39 is 28.7 Å². The van der Waals surface area contributed by atoms with Crippen molar-refractivity contribution in [1.29, 1.82) is 5.26 Å². The SMILES string of the molecule is Cc1cc(Oc2ccc(C(=O)NC(C)C(=O)N3[C@H](c4cccc(Cl)c4)CC[C@@H]3C(C)(C)C#N)cc2F)c(=O)[nH]n1. The number of likely N-dealkylation sites (tertiary alicyclic amines) is 1. The number of nitrogens with zero attached hydrogens (tertiary/aromatic N) is 3. The van der Waals surface area contributed by atoms with Gasteiger partial charge in [-0.1, -0.05) is 23.7 Å². The van der Waals surface area contributed by atoms with Crippen LogP contribution >= 0.6 is 11.6 Å². The zero-order valence-corrected chi connectivity index (χ0v) is 23.3. The Morgan fingerprint density at radius 1 is 1.23 bits per heavy atom. The first-order valence-electron chi connectivity index (χ1n) is 12.7. The Morgan fingerprint density at radius 2 is 1.98 bits per heavy atom. The lowest BCUT2D eigenvalue weighted by molar-refractivity contribution is -0.137. The number of benzene rings is 2. The number of amides is 2. The molecular weight excluding hydrogens is 537 g/mol. The van der Waals surface area contributed by atoms with Gasteiger partial charge in [0.25, 0.3) is 5.91 Å². The highest BCUT2D eigenvalue weighted by molar-refractivity contribution is 6.30. The number of aryl methyl sites for hydroxylation is 1.